The van der Waals surface area contributed by atoms with Crippen LogP contribution in [0, 0.1) is 0 Å². The average molecular weight is 345 g/mol. The van der Waals surface area contributed by atoms with Gasteiger partial charge >= 0.3 is 0 Å². The standard InChI is InChI=1S/C21H19N3O2/c25-20(19-12-9-15-5-1-2-6-18(15)23-19)22-17-10-7-16(8-11-17)21(26)24-13-3-4-14-24/h1-2,5-12H,3-4,13-14H2,(H,22,25). The molecular weight excluding hydrogens is 326 g/mol. The second kappa shape index (κ2) is 6.96. The molecule has 0 aliphatic carbocycles. The van der Waals surface area contributed by atoms with Gasteiger partial charge in [0.05, 0.1) is 5.52 Å². The van der Waals surface area contributed by atoms with Crippen molar-refractivity contribution in [3.8, 4) is 0 Å². The second-order valence-corrected chi connectivity index (χ2v) is 6.42. The van der Waals surface area contributed by atoms with Crippen molar-refractivity contribution in [1.82, 2.24) is 9.88 Å². The van der Waals surface area contributed by atoms with E-state index in [-0.39, 0.29) is 11.8 Å². The van der Waals surface area contributed by atoms with Gasteiger partial charge in [-0.25, -0.2) is 4.98 Å². The van der Waals surface area contributed by atoms with Crippen LogP contribution in [0.4, 0.5) is 5.69 Å². The second-order valence-electron chi connectivity index (χ2n) is 6.42. The molecule has 2 aromatic carbocycles. The molecule has 130 valence electrons. The van der Waals surface area contributed by atoms with Gasteiger partial charge in [-0.05, 0) is 49.2 Å². The number of carbonyl (C=O) groups excluding carboxylic acids is 2. The number of likely N-dealkylation sites (tertiary alicyclic amines) is 1. The maximum atomic E-state index is 12.4. The maximum absolute atomic E-state index is 12.4. The molecule has 0 radical (unpaired) electrons. The van der Waals surface area contributed by atoms with Gasteiger partial charge in [-0.2, -0.15) is 0 Å². The first-order valence-corrected chi connectivity index (χ1v) is 8.77. The van der Waals surface area contributed by atoms with E-state index in [4.69, 9.17) is 0 Å². The number of hydrogen-bond donors (Lipinski definition) is 1. The van der Waals surface area contributed by atoms with E-state index >= 15 is 0 Å². The van der Waals surface area contributed by atoms with Crippen LogP contribution < -0.4 is 5.32 Å². The lowest BCUT2D eigenvalue weighted by atomic mass is 10.1. The zero-order valence-electron chi connectivity index (χ0n) is 14.3. The van der Waals surface area contributed by atoms with Gasteiger partial charge in [-0.1, -0.05) is 24.3 Å². The van der Waals surface area contributed by atoms with Gasteiger partial charge in [-0.3, -0.25) is 9.59 Å². The van der Waals surface area contributed by atoms with E-state index in [1.807, 2.05) is 35.2 Å². The first kappa shape index (κ1) is 16.3. The Bertz CT molecular complexity index is 960. The third-order valence-electron chi connectivity index (χ3n) is 4.61. The molecule has 26 heavy (non-hydrogen) atoms. The highest BCUT2D eigenvalue weighted by Crippen LogP contribution is 2.17. The summed E-state index contributed by atoms with van der Waals surface area (Å²) in [6, 6.07) is 18.3. The molecule has 1 saturated heterocycles. The highest BCUT2D eigenvalue weighted by Gasteiger charge is 2.19. The van der Waals surface area contributed by atoms with Gasteiger partial charge in [0, 0.05) is 29.7 Å². The topological polar surface area (TPSA) is 62.3 Å². The molecule has 3 aromatic rings. The van der Waals surface area contributed by atoms with Crippen LogP contribution in [0.2, 0.25) is 0 Å². The van der Waals surface area contributed by atoms with Crippen LogP contribution in [0.3, 0.4) is 0 Å². The molecule has 0 saturated carbocycles. The molecular formula is C21H19N3O2. The van der Waals surface area contributed by atoms with Gasteiger partial charge in [0.25, 0.3) is 11.8 Å². The molecule has 2 amide bonds. The molecule has 0 unspecified atom stereocenters. The maximum Gasteiger partial charge on any atom is 0.274 e. The molecule has 5 heteroatoms. The Morgan fingerprint density at radius 3 is 2.38 bits per heavy atom. The van der Waals surface area contributed by atoms with Crippen LogP contribution >= 0.6 is 0 Å². The van der Waals surface area contributed by atoms with Crippen LogP contribution in [-0.2, 0) is 0 Å². The van der Waals surface area contributed by atoms with Crippen LogP contribution in [-0.4, -0.2) is 34.8 Å². The fourth-order valence-electron chi connectivity index (χ4n) is 3.19. The SMILES string of the molecule is O=C(Nc1ccc(C(=O)N2CCCC2)cc1)c1ccc2ccccc2n1. The van der Waals surface area contributed by atoms with Crippen molar-refractivity contribution in [3.63, 3.8) is 0 Å². The summed E-state index contributed by atoms with van der Waals surface area (Å²) < 4.78 is 0. The summed E-state index contributed by atoms with van der Waals surface area (Å²) in [5.74, 6) is -0.217. The normalized spacial score (nSPS) is 13.8. The van der Waals surface area contributed by atoms with Crippen molar-refractivity contribution < 1.29 is 9.59 Å². The molecule has 5 nitrogen and oxygen atoms in total. The van der Waals surface area contributed by atoms with E-state index in [1.165, 1.54) is 0 Å². The van der Waals surface area contributed by atoms with Crippen molar-refractivity contribution in [2.24, 2.45) is 0 Å². The summed E-state index contributed by atoms with van der Waals surface area (Å²) in [6.45, 7) is 1.65. The monoisotopic (exact) mass is 345 g/mol. The minimum Gasteiger partial charge on any atom is -0.339 e. The Balaban J connectivity index is 1.47. The largest absolute Gasteiger partial charge is 0.339 e. The summed E-state index contributed by atoms with van der Waals surface area (Å²) in [4.78, 5) is 31.1. The zero-order valence-corrected chi connectivity index (χ0v) is 14.3. The first-order chi connectivity index (χ1) is 12.7. The van der Waals surface area contributed by atoms with Crippen molar-refractivity contribution in [3.05, 3.63) is 71.9 Å². The molecule has 4 rings (SSSR count). The number of carbonyl (C=O) groups is 2. The summed E-state index contributed by atoms with van der Waals surface area (Å²) in [7, 11) is 0. The van der Waals surface area contributed by atoms with Gasteiger partial charge in [0.15, 0.2) is 0 Å². The number of amides is 2. The number of nitrogens with one attached hydrogen (secondary N) is 1. The fourth-order valence-corrected chi connectivity index (χ4v) is 3.19. The summed E-state index contributed by atoms with van der Waals surface area (Å²) in [5.41, 5.74) is 2.43. The summed E-state index contributed by atoms with van der Waals surface area (Å²) in [6.07, 6.45) is 2.14. The number of anilines is 1. The number of rotatable bonds is 3. The van der Waals surface area contributed by atoms with E-state index in [2.05, 4.69) is 10.3 Å². The van der Waals surface area contributed by atoms with E-state index in [0.29, 0.717) is 16.9 Å². The number of para-hydroxylation sites is 1. The number of pyridine rings is 1. The van der Waals surface area contributed by atoms with E-state index < -0.39 is 0 Å². The Hall–Kier alpha value is -3.21. The highest BCUT2D eigenvalue weighted by molar-refractivity contribution is 6.04. The fraction of sp³-hybridized carbons (Fsp3) is 0.190. The lowest BCUT2D eigenvalue weighted by Crippen LogP contribution is -2.27. The van der Waals surface area contributed by atoms with Crippen LogP contribution in [0.25, 0.3) is 10.9 Å². The smallest absolute Gasteiger partial charge is 0.274 e. The Labute approximate surface area is 151 Å². The Morgan fingerprint density at radius 2 is 1.62 bits per heavy atom. The molecule has 1 aliphatic rings. The van der Waals surface area contributed by atoms with Crippen molar-refractivity contribution in [2.45, 2.75) is 12.8 Å². The van der Waals surface area contributed by atoms with Crippen LogP contribution in [0.15, 0.2) is 60.7 Å². The first-order valence-electron chi connectivity index (χ1n) is 8.77. The molecule has 0 bridgehead atoms. The Kier molecular flexibility index (Phi) is 4.35. The zero-order chi connectivity index (χ0) is 17.9. The minimum absolute atomic E-state index is 0.0524. The number of hydrogen-bond acceptors (Lipinski definition) is 3. The van der Waals surface area contributed by atoms with E-state index in [0.717, 1.165) is 36.8 Å². The minimum atomic E-state index is -0.269. The van der Waals surface area contributed by atoms with Gasteiger partial charge in [0.2, 0.25) is 0 Å². The van der Waals surface area contributed by atoms with Crippen LogP contribution in [0.1, 0.15) is 33.7 Å². The van der Waals surface area contributed by atoms with E-state index in [9.17, 15) is 9.59 Å². The van der Waals surface area contributed by atoms with E-state index in [1.54, 1.807) is 30.3 Å². The van der Waals surface area contributed by atoms with Crippen molar-refractivity contribution >= 4 is 28.4 Å². The molecule has 1 fully saturated rings. The highest BCUT2D eigenvalue weighted by atomic mass is 16.2. The molecule has 2 heterocycles. The average Bonchev–Trinajstić information content (AvgIpc) is 3.22. The summed E-state index contributed by atoms with van der Waals surface area (Å²) >= 11 is 0. The molecule has 0 atom stereocenters. The predicted octanol–water partition coefficient (Wildman–Crippen LogP) is 3.72. The van der Waals surface area contributed by atoms with Crippen molar-refractivity contribution in [1.29, 1.82) is 0 Å². The lowest BCUT2D eigenvalue weighted by molar-refractivity contribution is 0.0792. The molecule has 1 aromatic heterocycles. The lowest BCUT2D eigenvalue weighted by Gasteiger charge is -2.15. The Morgan fingerprint density at radius 1 is 0.885 bits per heavy atom. The molecule has 1 N–H and O–H groups in total. The number of aromatic nitrogens is 1. The molecule has 1 aliphatic heterocycles. The van der Waals surface area contributed by atoms with Gasteiger partial charge < -0.3 is 10.2 Å². The third-order valence-corrected chi connectivity index (χ3v) is 4.61. The van der Waals surface area contributed by atoms with Gasteiger partial charge in [0.1, 0.15) is 5.69 Å². The summed E-state index contributed by atoms with van der Waals surface area (Å²) in [5, 5.41) is 3.83. The van der Waals surface area contributed by atoms with Crippen LogP contribution in [0.5, 0.6) is 0 Å². The number of benzene rings is 2. The number of fused-ring (bicyclic) bond motifs is 1. The third kappa shape index (κ3) is 3.28. The van der Waals surface area contributed by atoms with Gasteiger partial charge in [-0.15, -0.1) is 0 Å². The number of nitrogens with zero attached hydrogens (tertiary/aromatic N) is 2. The van der Waals surface area contributed by atoms with Crippen molar-refractivity contribution in [2.75, 3.05) is 18.4 Å². The predicted molar refractivity (Wildman–Crippen MR) is 101 cm³/mol. The molecule has 0 spiro atoms. The quantitative estimate of drug-likeness (QED) is 0.787.